The fourth-order valence-corrected chi connectivity index (χ4v) is 11.4. The smallest absolute Gasteiger partial charge is 0.333 e. The molecule has 5 heterocycles. The highest BCUT2D eigenvalue weighted by molar-refractivity contribution is 6.05. The number of nitrogens with zero attached hydrogens (tertiary/aromatic N) is 4. The van der Waals surface area contributed by atoms with Crippen molar-refractivity contribution in [3.8, 4) is 23.3 Å². The van der Waals surface area contributed by atoms with Gasteiger partial charge in [-0.25, -0.2) is 9.79 Å². The molecule has 4 bridgehead atoms. The molecule has 1 aromatic carbocycles. The fraction of sp³-hybridized carbons (Fsp3) is 0.569. The Hall–Kier alpha value is -5.52. The number of carbonyl (C=O) groups excluding carboxylic acids is 4. The van der Waals surface area contributed by atoms with Crippen molar-refractivity contribution < 1.29 is 42.9 Å². The molecule has 8 aliphatic rings. The Morgan fingerprint density at radius 1 is 1.00 bits per heavy atom. The van der Waals surface area contributed by atoms with E-state index in [9.17, 15) is 19.6 Å². The summed E-state index contributed by atoms with van der Waals surface area (Å²) in [5, 5.41) is 10.8. The van der Waals surface area contributed by atoms with Gasteiger partial charge in [-0.1, -0.05) is 29.4 Å². The van der Waals surface area contributed by atoms with Gasteiger partial charge < -0.3 is 39.2 Å². The highest BCUT2D eigenvalue weighted by atomic mass is 16.6. The lowest BCUT2D eigenvalue weighted by molar-refractivity contribution is -0.183. The molecule has 2 saturated heterocycles. The van der Waals surface area contributed by atoms with Crippen LogP contribution < -0.4 is 19.9 Å². The lowest BCUT2D eigenvalue weighted by Crippen LogP contribution is -2.75. The second kappa shape index (κ2) is 16.7. The van der Waals surface area contributed by atoms with Crippen molar-refractivity contribution in [2.45, 2.75) is 123 Å². The first kappa shape index (κ1) is 46.0. The highest BCUT2D eigenvalue weighted by Gasteiger charge is 2.84. The number of ketones is 1. The van der Waals surface area contributed by atoms with Gasteiger partial charge in [0.05, 0.1) is 42.0 Å². The van der Waals surface area contributed by atoms with Crippen LogP contribution in [0.1, 0.15) is 111 Å². The number of hydrogen-bond donors (Lipinski definition) is 1. The number of fused-ring (bicyclic) bond motifs is 3. The van der Waals surface area contributed by atoms with Crippen molar-refractivity contribution in [3.63, 3.8) is 0 Å². The molecule has 1 spiro atoms. The molecular weight excluding hydrogens is 827 g/mol. The second-order valence-electron chi connectivity index (χ2n) is 20.1. The molecular formula is C51H63N5O9. The predicted molar refractivity (Wildman–Crippen MR) is 245 cm³/mol. The minimum absolute atomic E-state index is 0.0302. The minimum Gasteiger partial charge on any atom is -0.482 e. The van der Waals surface area contributed by atoms with E-state index in [1.165, 1.54) is 12.7 Å². The Balaban J connectivity index is 1.38. The number of carbonyl (C=O) groups is 4. The van der Waals surface area contributed by atoms with E-state index in [1.807, 2.05) is 53.8 Å². The number of allylic oxidation sites excluding steroid dienone is 4. The molecule has 9 rings (SSSR count). The molecule has 7 unspecified atom stereocenters. The Morgan fingerprint density at radius 2 is 1.71 bits per heavy atom. The summed E-state index contributed by atoms with van der Waals surface area (Å²) < 4.78 is 33.5. The van der Waals surface area contributed by atoms with E-state index in [-0.39, 0.29) is 42.5 Å². The number of ether oxygens (including phenoxy) is 5. The Labute approximate surface area is 382 Å². The zero-order chi connectivity index (χ0) is 47.0. The number of methoxy groups -OCH3 is 1. The van der Waals surface area contributed by atoms with Crippen LogP contribution in [0.4, 0.5) is 0 Å². The van der Waals surface area contributed by atoms with Crippen molar-refractivity contribution >= 4 is 41.2 Å². The highest BCUT2D eigenvalue weighted by Crippen LogP contribution is 2.74. The van der Waals surface area contributed by atoms with Crippen molar-refractivity contribution in [3.05, 3.63) is 63.3 Å². The molecule has 3 aliphatic carbocycles. The van der Waals surface area contributed by atoms with Crippen LogP contribution in [0.15, 0.2) is 51.6 Å². The third kappa shape index (κ3) is 7.43. The number of aliphatic imine (C=N–C) groups is 1. The van der Waals surface area contributed by atoms with Crippen LogP contribution in [0.25, 0.3) is 11.8 Å². The molecule has 0 aromatic heterocycles. The Bertz CT molecular complexity index is 2470. The maximum Gasteiger partial charge on any atom is 0.333 e. The van der Waals surface area contributed by atoms with Crippen LogP contribution in [-0.4, -0.2) is 102 Å². The van der Waals surface area contributed by atoms with E-state index < -0.39 is 58.0 Å². The number of benzene rings is 1. The average Bonchev–Trinajstić information content (AvgIpc) is 3.39. The molecule has 5 fully saturated rings. The maximum absolute atomic E-state index is 15.5. The lowest BCUT2D eigenvalue weighted by Gasteiger charge is -2.62. The number of nitriles is 1. The summed E-state index contributed by atoms with van der Waals surface area (Å²) in [5.74, 6) is -3.41. The molecule has 346 valence electrons. The van der Waals surface area contributed by atoms with Gasteiger partial charge in [-0.2, -0.15) is 5.26 Å². The average molecular weight is 890 g/mol. The summed E-state index contributed by atoms with van der Waals surface area (Å²) in [5.41, 5.74) is 6.90. The number of nitrogens with two attached hydrogens (primary N) is 1. The standard InChI is InChI=1S/C51H63N5O9/c1-28(2)12-11-19-49(8)20-18-32-42(63-49)31(14-13-29(3)4)44-39(43(32)62-37(58)16-15-36(57)56-24-22-55(9)23-25-56)41-40-38(34(27-52)46(53)54-41)33-26-35-48(6,7)65-50(45(33)59,51(35,40)64-44)21-17-30(5)47(60)61-10/h12-13,17-18,20,33-35,38H,11,14-16,19,21-26H2,1-10H3,(H2,53,54). The fourth-order valence-electron chi connectivity index (χ4n) is 11.4. The van der Waals surface area contributed by atoms with Crippen LogP contribution in [0.3, 0.4) is 0 Å². The number of Topliss-reactive ketones (excluding diaryl/α,β-unsaturated/α-hetero) is 1. The number of amides is 1. The molecule has 7 atom stereocenters. The zero-order valence-electron chi connectivity index (χ0n) is 39.5. The summed E-state index contributed by atoms with van der Waals surface area (Å²) >= 11 is 0. The summed E-state index contributed by atoms with van der Waals surface area (Å²) in [6.07, 6.45) is 11.7. The first-order chi connectivity index (χ1) is 30.7. The van der Waals surface area contributed by atoms with Gasteiger partial charge in [-0.05, 0) is 100 Å². The number of hydrogen-bond acceptors (Lipinski definition) is 13. The van der Waals surface area contributed by atoms with E-state index in [0.717, 1.165) is 25.1 Å². The van der Waals surface area contributed by atoms with Gasteiger partial charge in [0.25, 0.3) is 0 Å². The summed E-state index contributed by atoms with van der Waals surface area (Å²) in [4.78, 5) is 65.0. The van der Waals surface area contributed by atoms with Crippen LogP contribution >= 0.6 is 0 Å². The molecule has 1 amide bonds. The second-order valence-corrected chi connectivity index (χ2v) is 20.1. The first-order valence-corrected chi connectivity index (χ1v) is 22.9. The van der Waals surface area contributed by atoms with Crippen molar-refractivity contribution in [2.75, 3.05) is 40.3 Å². The largest absolute Gasteiger partial charge is 0.482 e. The summed E-state index contributed by atoms with van der Waals surface area (Å²) in [6, 6.07) is 2.38. The Morgan fingerprint density at radius 3 is 2.37 bits per heavy atom. The molecule has 1 aromatic rings. The van der Waals surface area contributed by atoms with Crippen molar-refractivity contribution in [1.29, 1.82) is 5.26 Å². The molecule has 5 aliphatic heterocycles. The Kier molecular flexibility index (Phi) is 11.8. The summed E-state index contributed by atoms with van der Waals surface area (Å²) in [6.45, 7) is 18.4. The van der Waals surface area contributed by atoms with E-state index in [4.69, 9.17) is 34.4 Å². The van der Waals surface area contributed by atoms with Gasteiger partial charge in [0.15, 0.2) is 22.7 Å². The first-order valence-electron chi connectivity index (χ1n) is 22.9. The number of piperazine rings is 1. The third-order valence-corrected chi connectivity index (χ3v) is 14.7. The quantitative estimate of drug-likeness (QED) is 0.100. The molecule has 14 heteroatoms. The van der Waals surface area contributed by atoms with Gasteiger partial charge in [-0.3, -0.25) is 14.4 Å². The predicted octanol–water partition coefficient (Wildman–Crippen LogP) is 6.81. The molecule has 3 saturated carbocycles. The van der Waals surface area contributed by atoms with E-state index >= 15 is 4.79 Å². The normalized spacial score (nSPS) is 30.2. The number of amidine groups is 1. The van der Waals surface area contributed by atoms with Gasteiger partial charge in [0.2, 0.25) is 5.91 Å². The topological polar surface area (TPSA) is 183 Å². The van der Waals surface area contributed by atoms with Crippen LogP contribution in [0.2, 0.25) is 0 Å². The third-order valence-electron chi connectivity index (χ3n) is 14.7. The van der Waals surface area contributed by atoms with Gasteiger partial charge in [0, 0.05) is 73.5 Å². The van der Waals surface area contributed by atoms with Gasteiger partial charge in [-0.15, -0.1) is 0 Å². The summed E-state index contributed by atoms with van der Waals surface area (Å²) in [7, 11) is 3.32. The van der Waals surface area contributed by atoms with Gasteiger partial charge >= 0.3 is 11.9 Å². The van der Waals surface area contributed by atoms with E-state index in [2.05, 4.69) is 37.0 Å². The SMILES string of the molecule is COC(=O)C(C)=CCC12OC(C)(C)C3CC(C1=O)C1C4=C(N=C(N)C1C#N)c1c(OC(=O)CCC(=O)N5CCN(C)CC5)c5c(c(CC=C(C)C)c1OC432)OC(C)(CCC=C(C)C)C=C5. The molecule has 0 radical (unpaired) electrons. The lowest BCUT2D eigenvalue weighted by atomic mass is 9.44. The number of rotatable bonds is 12. The molecule has 14 nitrogen and oxygen atoms in total. The zero-order valence-corrected chi connectivity index (χ0v) is 39.5. The monoisotopic (exact) mass is 889 g/mol. The molecule has 2 N–H and O–H groups in total. The van der Waals surface area contributed by atoms with E-state index in [0.29, 0.717) is 77.4 Å². The minimum atomic E-state index is -1.67. The molecule has 65 heavy (non-hydrogen) atoms. The van der Waals surface area contributed by atoms with Gasteiger partial charge in [0.1, 0.15) is 28.9 Å². The van der Waals surface area contributed by atoms with Crippen LogP contribution in [0.5, 0.6) is 17.2 Å². The van der Waals surface area contributed by atoms with Crippen molar-refractivity contribution in [2.24, 2.45) is 34.4 Å². The maximum atomic E-state index is 15.5. The van der Waals surface area contributed by atoms with Crippen LogP contribution in [0, 0.1) is 35.0 Å². The van der Waals surface area contributed by atoms with Crippen LogP contribution in [-0.2, 0) is 35.1 Å². The van der Waals surface area contributed by atoms with Crippen molar-refractivity contribution in [1.82, 2.24) is 9.80 Å². The van der Waals surface area contributed by atoms with E-state index in [1.54, 1.807) is 17.9 Å². The number of esters is 2. The number of likely N-dealkylation sites (N-methyl/N-ethyl adjacent to an activating group) is 1.